The molecule has 0 saturated carbocycles. The SMILES string of the molecule is CC.CC(=O)c1cscc1C(=O)N(C)C. The number of carbonyl (C=O) groups is 2. The summed E-state index contributed by atoms with van der Waals surface area (Å²) in [5.41, 5.74) is 1.02. The molecule has 15 heavy (non-hydrogen) atoms. The first-order valence-electron chi connectivity index (χ1n) is 4.83. The van der Waals surface area contributed by atoms with Gasteiger partial charge in [0.2, 0.25) is 0 Å². The molecule has 1 amide bonds. The first-order valence-corrected chi connectivity index (χ1v) is 5.77. The lowest BCUT2D eigenvalue weighted by molar-refractivity contribution is 0.0822. The normalized spacial score (nSPS) is 8.87. The molecule has 0 fully saturated rings. The van der Waals surface area contributed by atoms with Crippen molar-refractivity contribution in [3.8, 4) is 0 Å². The molecule has 0 radical (unpaired) electrons. The molecule has 1 heterocycles. The average molecular weight is 227 g/mol. The summed E-state index contributed by atoms with van der Waals surface area (Å²) in [5.74, 6) is -0.182. The molecule has 0 spiro atoms. The quantitative estimate of drug-likeness (QED) is 0.728. The van der Waals surface area contributed by atoms with E-state index in [0.29, 0.717) is 11.1 Å². The van der Waals surface area contributed by atoms with E-state index in [1.807, 2.05) is 13.8 Å². The summed E-state index contributed by atoms with van der Waals surface area (Å²) in [4.78, 5) is 24.1. The topological polar surface area (TPSA) is 37.4 Å². The molecule has 84 valence electrons. The molecular formula is C11H17NO2S. The van der Waals surface area contributed by atoms with Crippen molar-refractivity contribution >= 4 is 23.0 Å². The van der Waals surface area contributed by atoms with Gasteiger partial charge in [-0.3, -0.25) is 9.59 Å². The number of thiophene rings is 1. The molecule has 0 bridgehead atoms. The molecule has 0 unspecified atom stereocenters. The molecule has 0 N–H and O–H groups in total. The van der Waals surface area contributed by atoms with Crippen LogP contribution in [0.25, 0.3) is 0 Å². The maximum atomic E-state index is 11.5. The Bertz CT molecular complexity index is 342. The van der Waals surface area contributed by atoms with E-state index in [1.165, 1.54) is 23.2 Å². The van der Waals surface area contributed by atoms with Crippen LogP contribution < -0.4 is 0 Å². The van der Waals surface area contributed by atoms with Crippen LogP contribution in [0.1, 0.15) is 41.5 Å². The Labute approximate surface area is 94.7 Å². The second-order valence-electron chi connectivity index (χ2n) is 2.95. The zero-order chi connectivity index (χ0) is 12.0. The van der Waals surface area contributed by atoms with Gasteiger partial charge in [-0.1, -0.05) is 13.8 Å². The van der Waals surface area contributed by atoms with E-state index in [1.54, 1.807) is 24.9 Å². The van der Waals surface area contributed by atoms with E-state index in [4.69, 9.17) is 0 Å². The largest absolute Gasteiger partial charge is 0.345 e. The van der Waals surface area contributed by atoms with E-state index in [9.17, 15) is 9.59 Å². The minimum Gasteiger partial charge on any atom is -0.345 e. The molecular weight excluding hydrogens is 210 g/mol. The van der Waals surface area contributed by atoms with E-state index < -0.39 is 0 Å². The third kappa shape index (κ3) is 3.47. The number of Topliss-reactive ketones (excluding diaryl/α,β-unsaturated/α-hetero) is 1. The number of rotatable bonds is 2. The number of ketones is 1. The van der Waals surface area contributed by atoms with Crippen LogP contribution in [-0.4, -0.2) is 30.7 Å². The second kappa shape index (κ2) is 6.35. The smallest absolute Gasteiger partial charge is 0.254 e. The summed E-state index contributed by atoms with van der Waals surface area (Å²) in [6.07, 6.45) is 0. The van der Waals surface area contributed by atoms with E-state index >= 15 is 0 Å². The molecule has 1 aromatic rings. The Hall–Kier alpha value is -1.16. The van der Waals surface area contributed by atoms with E-state index in [2.05, 4.69) is 0 Å². The fourth-order valence-corrected chi connectivity index (χ4v) is 1.84. The van der Waals surface area contributed by atoms with Crippen molar-refractivity contribution in [3.05, 3.63) is 21.9 Å². The monoisotopic (exact) mass is 227 g/mol. The summed E-state index contributed by atoms with van der Waals surface area (Å²) in [7, 11) is 3.34. The van der Waals surface area contributed by atoms with Gasteiger partial charge in [0, 0.05) is 30.4 Å². The minimum absolute atomic E-state index is 0.0635. The molecule has 4 heteroatoms. The summed E-state index contributed by atoms with van der Waals surface area (Å²) in [6.45, 7) is 5.47. The number of nitrogens with zero attached hydrogens (tertiary/aromatic N) is 1. The van der Waals surface area contributed by atoms with Crippen LogP contribution in [0.3, 0.4) is 0 Å². The Kier molecular flexibility index (Phi) is 5.86. The summed E-state index contributed by atoms with van der Waals surface area (Å²) < 4.78 is 0. The van der Waals surface area contributed by atoms with Gasteiger partial charge >= 0.3 is 0 Å². The van der Waals surface area contributed by atoms with Crippen LogP contribution in [-0.2, 0) is 0 Å². The number of hydrogen-bond donors (Lipinski definition) is 0. The summed E-state index contributed by atoms with van der Waals surface area (Å²) >= 11 is 1.37. The van der Waals surface area contributed by atoms with Gasteiger partial charge in [-0.05, 0) is 6.92 Å². The molecule has 1 rings (SSSR count). The molecule has 0 aromatic carbocycles. The first kappa shape index (κ1) is 13.8. The lowest BCUT2D eigenvalue weighted by Crippen LogP contribution is -2.22. The second-order valence-corrected chi connectivity index (χ2v) is 3.70. The van der Waals surface area contributed by atoms with Gasteiger partial charge < -0.3 is 4.90 Å². The Balaban J connectivity index is 0.000000921. The zero-order valence-corrected chi connectivity index (χ0v) is 10.6. The van der Waals surface area contributed by atoms with Crippen molar-refractivity contribution < 1.29 is 9.59 Å². The lowest BCUT2D eigenvalue weighted by Gasteiger charge is -2.09. The van der Waals surface area contributed by atoms with Crippen molar-refractivity contribution in [2.75, 3.05) is 14.1 Å². The standard InChI is InChI=1S/C9H11NO2S.C2H6/c1-6(11)7-4-13-5-8(7)9(12)10(2)3;1-2/h4-5H,1-3H3;1-2H3. The zero-order valence-electron chi connectivity index (χ0n) is 9.83. The summed E-state index contributed by atoms with van der Waals surface area (Å²) in [6, 6.07) is 0. The highest BCUT2D eigenvalue weighted by Crippen LogP contribution is 2.16. The van der Waals surface area contributed by atoms with E-state index in [-0.39, 0.29) is 11.7 Å². The van der Waals surface area contributed by atoms with Crippen LogP contribution in [0.2, 0.25) is 0 Å². The maximum Gasteiger partial charge on any atom is 0.254 e. The highest BCUT2D eigenvalue weighted by Gasteiger charge is 2.16. The van der Waals surface area contributed by atoms with E-state index in [0.717, 1.165) is 0 Å². The molecule has 1 aromatic heterocycles. The number of hydrogen-bond acceptors (Lipinski definition) is 3. The maximum absolute atomic E-state index is 11.5. The fourth-order valence-electron chi connectivity index (χ4n) is 0.976. The summed E-state index contributed by atoms with van der Waals surface area (Å²) in [5, 5.41) is 3.41. The van der Waals surface area contributed by atoms with Crippen LogP contribution in [0.4, 0.5) is 0 Å². The van der Waals surface area contributed by atoms with Gasteiger partial charge in [0.25, 0.3) is 5.91 Å². The van der Waals surface area contributed by atoms with Crippen molar-refractivity contribution in [1.29, 1.82) is 0 Å². The van der Waals surface area contributed by atoms with Crippen molar-refractivity contribution in [1.82, 2.24) is 4.90 Å². The lowest BCUT2D eigenvalue weighted by atomic mass is 10.1. The van der Waals surface area contributed by atoms with Gasteiger partial charge in [0.15, 0.2) is 5.78 Å². The van der Waals surface area contributed by atoms with Crippen molar-refractivity contribution in [3.63, 3.8) is 0 Å². The van der Waals surface area contributed by atoms with Gasteiger partial charge in [-0.25, -0.2) is 0 Å². The van der Waals surface area contributed by atoms with Crippen LogP contribution in [0, 0.1) is 0 Å². The molecule has 0 aliphatic rings. The number of carbonyl (C=O) groups excluding carboxylic acids is 2. The Morgan fingerprint density at radius 1 is 1.13 bits per heavy atom. The third-order valence-electron chi connectivity index (χ3n) is 1.68. The van der Waals surface area contributed by atoms with Gasteiger partial charge in [0.1, 0.15) is 0 Å². The minimum atomic E-state index is -0.119. The van der Waals surface area contributed by atoms with Crippen LogP contribution >= 0.6 is 11.3 Å². The Morgan fingerprint density at radius 3 is 2.00 bits per heavy atom. The van der Waals surface area contributed by atoms with Gasteiger partial charge in [-0.15, -0.1) is 0 Å². The predicted molar refractivity (Wildman–Crippen MR) is 63.7 cm³/mol. The van der Waals surface area contributed by atoms with Gasteiger partial charge in [0.05, 0.1) is 5.56 Å². The fraction of sp³-hybridized carbons (Fsp3) is 0.455. The number of amides is 1. The molecule has 0 saturated heterocycles. The van der Waals surface area contributed by atoms with Crippen LogP contribution in [0.15, 0.2) is 10.8 Å². The molecule has 0 atom stereocenters. The highest BCUT2D eigenvalue weighted by atomic mass is 32.1. The molecule has 0 aliphatic heterocycles. The van der Waals surface area contributed by atoms with Crippen molar-refractivity contribution in [2.24, 2.45) is 0 Å². The predicted octanol–water partition coefficient (Wildman–Crippen LogP) is 2.68. The third-order valence-corrected chi connectivity index (χ3v) is 2.42. The Morgan fingerprint density at radius 2 is 1.60 bits per heavy atom. The first-order chi connectivity index (χ1) is 7.04. The van der Waals surface area contributed by atoms with Crippen molar-refractivity contribution in [2.45, 2.75) is 20.8 Å². The van der Waals surface area contributed by atoms with Crippen LogP contribution in [0.5, 0.6) is 0 Å². The average Bonchev–Trinajstić information content (AvgIpc) is 2.68. The highest BCUT2D eigenvalue weighted by molar-refractivity contribution is 7.08. The molecule has 0 aliphatic carbocycles. The molecule has 3 nitrogen and oxygen atoms in total. The van der Waals surface area contributed by atoms with Gasteiger partial charge in [-0.2, -0.15) is 11.3 Å².